The van der Waals surface area contributed by atoms with Crippen LogP contribution in [0, 0.1) is 5.82 Å². The third kappa shape index (κ3) is 6.22. The van der Waals surface area contributed by atoms with Gasteiger partial charge in [-0.25, -0.2) is 14.2 Å². The molecule has 1 aliphatic rings. The van der Waals surface area contributed by atoms with Gasteiger partial charge in [-0.1, -0.05) is 25.4 Å². The molecule has 2 atom stereocenters. The molecule has 4 rings (SSSR count). The Balaban J connectivity index is 1.75. The minimum Gasteiger partial charge on any atom is -0.496 e. The van der Waals surface area contributed by atoms with Crippen molar-refractivity contribution < 1.29 is 45.0 Å². The highest BCUT2D eigenvalue weighted by molar-refractivity contribution is 6.29. The Labute approximate surface area is 235 Å². The van der Waals surface area contributed by atoms with E-state index in [0.29, 0.717) is 34.4 Å². The minimum absolute atomic E-state index is 0.00938. The van der Waals surface area contributed by atoms with Crippen molar-refractivity contribution in [1.29, 1.82) is 0 Å². The van der Waals surface area contributed by atoms with Crippen LogP contribution in [0.15, 0.2) is 42.6 Å². The van der Waals surface area contributed by atoms with Gasteiger partial charge in [-0.15, -0.1) is 0 Å². The summed E-state index contributed by atoms with van der Waals surface area (Å²) >= 11 is 6.14. The molecule has 1 fully saturated rings. The number of amides is 1. The molecule has 2 heterocycles. The highest BCUT2D eigenvalue weighted by Crippen LogP contribution is 2.42. The molecule has 0 aliphatic carbocycles. The predicted molar refractivity (Wildman–Crippen MR) is 136 cm³/mol. The normalized spacial score (nSPS) is 17.8. The van der Waals surface area contributed by atoms with E-state index in [4.69, 9.17) is 21.1 Å². The van der Waals surface area contributed by atoms with Crippen LogP contribution in [0.4, 0.5) is 35.5 Å². The van der Waals surface area contributed by atoms with E-state index in [9.17, 15) is 35.5 Å². The third-order valence-corrected chi connectivity index (χ3v) is 7.07. The van der Waals surface area contributed by atoms with Crippen molar-refractivity contribution in [1.82, 2.24) is 9.88 Å². The molecule has 0 spiro atoms. The summed E-state index contributed by atoms with van der Waals surface area (Å²) in [5, 5.41) is 0.0541. The van der Waals surface area contributed by atoms with Crippen molar-refractivity contribution in [2.24, 2.45) is 0 Å². The summed E-state index contributed by atoms with van der Waals surface area (Å²) in [6, 6.07) is 4.37. The van der Waals surface area contributed by atoms with Crippen LogP contribution >= 0.6 is 11.6 Å². The van der Waals surface area contributed by atoms with E-state index in [-0.39, 0.29) is 29.4 Å². The zero-order valence-electron chi connectivity index (χ0n) is 22.1. The van der Waals surface area contributed by atoms with E-state index in [1.807, 2.05) is 0 Å². The van der Waals surface area contributed by atoms with Crippen LogP contribution in [0.25, 0.3) is 11.1 Å². The lowest BCUT2D eigenvalue weighted by molar-refractivity contribution is -0.143. The van der Waals surface area contributed by atoms with Gasteiger partial charge >= 0.3 is 18.4 Å². The molecule has 3 aromatic rings. The second-order valence-electron chi connectivity index (χ2n) is 9.90. The average molecular weight is 605 g/mol. The first kappa shape index (κ1) is 30.4. The molecule has 0 radical (unpaired) electrons. The number of nitrogens with zero attached hydrogens (tertiary/aromatic N) is 2. The Morgan fingerprint density at radius 3 is 2.15 bits per heavy atom. The number of pyridine rings is 1. The Hall–Kier alpha value is -3.54. The molecular weight excluding hydrogens is 581 g/mol. The summed E-state index contributed by atoms with van der Waals surface area (Å²) in [6.07, 6.45) is -11.1. The molecule has 41 heavy (non-hydrogen) atoms. The Morgan fingerprint density at radius 2 is 1.61 bits per heavy atom. The number of alkyl halides is 6. The topological polar surface area (TPSA) is 51.7 Å². The smallest absolute Gasteiger partial charge is 0.416 e. The largest absolute Gasteiger partial charge is 0.496 e. The fourth-order valence-corrected chi connectivity index (χ4v) is 4.90. The van der Waals surface area contributed by atoms with Gasteiger partial charge in [-0.2, -0.15) is 26.3 Å². The van der Waals surface area contributed by atoms with E-state index < -0.39 is 53.1 Å². The van der Waals surface area contributed by atoms with E-state index in [1.165, 1.54) is 32.4 Å². The van der Waals surface area contributed by atoms with Gasteiger partial charge in [0, 0.05) is 23.4 Å². The number of aromatic nitrogens is 1. The Kier molecular flexibility index (Phi) is 8.19. The molecule has 5 nitrogen and oxygen atoms in total. The lowest BCUT2D eigenvalue weighted by Crippen LogP contribution is -2.31. The van der Waals surface area contributed by atoms with Crippen molar-refractivity contribution in [3.05, 3.63) is 81.4 Å². The van der Waals surface area contributed by atoms with E-state index >= 15 is 0 Å². The lowest BCUT2D eigenvalue weighted by Gasteiger charge is -2.24. The standard InChI is InChI=1S/C28H24ClF7N2O3/c1-13(2)19-9-20(23(40-4)10-22(19)30)21-11-37-24(29)7-16(21)12-38-14(3)25(41-26(38)39)15-5-17(27(31,32)33)8-18(6-15)28(34,35)36/h5-11,13-14,25H,12H2,1-4H3/t14-,25-/m0/s1. The van der Waals surface area contributed by atoms with Crippen LogP contribution in [0.2, 0.25) is 5.15 Å². The SMILES string of the molecule is COc1cc(F)c(C(C)C)cc1-c1cnc(Cl)cc1CN1C(=O)O[C@H](c2cc(C(F)(F)F)cc(C(F)(F)F)c2)[C@@H]1C. The van der Waals surface area contributed by atoms with Gasteiger partial charge in [0.25, 0.3) is 0 Å². The van der Waals surface area contributed by atoms with Gasteiger partial charge in [0.2, 0.25) is 0 Å². The minimum atomic E-state index is -5.06. The maximum Gasteiger partial charge on any atom is 0.416 e. The monoisotopic (exact) mass is 604 g/mol. The number of ether oxygens (including phenoxy) is 2. The summed E-state index contributed by atoms with van der Waals surface area (Å²) in [7, 11) is 1.35. The van der Waals surface area contributed by atoms with Crippen LogP contribution < -0.4 is 4.74 Å². The summed E-state index contributed by atoms with van der Waals surface area (Å²) in [5.74, 6) is -0.495. The van der Waals surface area contributed by atoms with Crippen molar-refractivity contribution in [3.63, 3.8) is 0 Å². The highest BCUT2D eigenvalue weighted by Gasteiger charge is 2.43. The molecule has 0 N–H and O–H groups in total. The van der Waals surface area contributed by atoms with Crippen LogP contribution in [-0.4, -0.2) is 29.1 Å². The van der Waals surface area contributed by atoms with E-state index in [2.05, 4.69) is 4.98 Å². The van der Waals surface area contributed by atoms with E-state index in [0.717, 1.165) is 4.90 Å². The quantitative estimate of drug-likeness (QED) is 0.208. The molecule has 1 aliphatic heterocycles. The van der Waals surface area contributed by atoms with Crippen molar-refractivity contribution in [2.75, 3.05) is 7.11 Å². The number of hydrogen-bond donors (Lipinski definition) is 0. The molecule has 0 unspecified atom stereocenters. The van der Waals surface area contributed by atoms with Gasteiger partial charge in [-0.05, 0) is 59.9 Å². The molecule has 220 valence electrons. The fraction of sp³-hybridized carbons (Fsp3) is 0.357. The first-order valence-corrected chi connectivity index (χ1v) is 12.7. The highest BCUT2D eigenvalue weighted by atomic mass is 35.5. The summed E-state index contributed by atoms with van der Waals surface area (Å²) < 4.78 is 106. The molecule has 1 amide bonds. The number of rotatable bonds is 6. The first-order chi connectivity index (χ1) is 19.0. The Morgan fingerprint density at radius 1 is 1.00 bits per heavy atom. The maximum atomic E-state index is 14.7. The maximum absolute atomic E-state index is 14.7. The number of benzene rings is 2. The Bertz CT molecular complexity index is 1440. The molecule has 0 saturated carbocycles. The second-order valence-corrected chi connectivity index (χ2v) is 10.3. The summed E-state index contributed by atoms with van der Waals surface area (Å²) in [5.41, 5.74) is -1.82. The third-order valence-electron chi connectivity index (χ3n) is 6.86. The molecule has 1 saturated heterocycles. The number of methoxy groups -OCH3 is 1. The van der Waals surface area contributed by atoms with Crippen molar-refractivity contribution >= 4 is 17.7 Å². The number of hydrogen-bond acceptors (Lipinski definition) is 4. The average Bonchev–Trinajstić information content (AvgIpc) is 3.15. The van der Waals surface area contributed by atoms with Gasteiger partial charge in [0.1, 0.15) is 22.8 Å². The van der Waals surface area contributed by atoms with Gasteiger partial charge < -0.3 is 9.47 Å². The molecule has 2 aromatic carbocycles. The predicted octanol–water partition coefficient (Wildman–Crippen LogP) is 8.79. The van der Waals surface area contributed by atoms with Gasteiger partial charge in [0.05, 0.1) is 30.8 Å². The molecule has 0 bridgehead atoms. The van der Waals surface area contributed by atoms with Gasteiger partial charge in [-0.3, -0.25) is 4.90 Å². The fourth-order valence-electron chi connectivity index (χ4n) is 4.72. The molecular formula is C28H24ClF7N2O3. The summed E-state index contributed by atoms with van der Waals surface area (Å²) in [6.45, 7) is 4.85. The van der Waals surface area contributed by atoms with Crippen LogP contribution in [0.5, 0.6) is 5.75 Å². The molecule has 13 heteroatoms. The van der Waals surface area contributed by atoms with Crippen molar-refractivity contribution in [2.45, 2.75) is 57.7 Å². The van der Waals surface area contributed by atoms with Crippen molar-refractivity contribution in [3.8, 4) is 16.9 Å². The van der Waals surface area contributed by atoms with E-state index in [1.54, 1.807) is 19.9 Å². The lowest BCUT2D eigenvalue weighted by atomic mass is 9.94. The first-order valence-electron chi connectivity index (χ1n) is 12.3. The number of carbonyl (C=O) groups is 1. The zero-order valence-corrected chi connectivity index (χ0v) is 22.9. The summed E-state index contributed by atoms with van der Waals surface area (Å²) in [4.78, 5) is 18.2. The molecule has 1 aromatic heterocycles. The number of halogens is 8. The second kappa shape index (κ2) is 11.0. The van der Waals surface area contributed by atoms with Crippen LogP contribution in [0.3, 0.4) is 0 Å². The van der Waals surface area contributed by atoms with Gasteiger partial charge in [0.15, 0.2) is 0 Å². The number of cyclic esters (lactones) is 1. The zero-order chi connectivity index (χ0) is 30.4. The number of carbonyl (C=O) groups excluding carboxylic acids is 1. The van der Waals surface area contributed by atoms with Crippen LogP contribution in [0.1, 0.15) is 60.6 Å². The van der Waals surface area contributed by atoms with Crippen LogP contribution in [-0.2, 0) is 23.6 Å².